The summed E-state index contributed by atoms with van der Waals surface area (Å²) in [7, 11) is -3.97. The summed E-state index contributed by atoms with van der Waals surface area (Å²) >= 11 is 0. The third-order valence-electron chi connectivity index (χ3n) is 6.30. The van der Waals surface area contributed by atoms with Crippen molar-refractivity contribution in [2.45, 2.75) is 63.8 Å². The molecule has 1 aliphatic heterocycles. The van der Waals surface area contributed by atoms with E-state index in [2.05, 4.69) is 10.0 Å². The van der Waals surface area contributed by atoms with Crippen LogP contribution in [0.2, 0.25) is 0 Å². The number of ether oxygens (including phenoxy) is 1. The average Bonchev–Trinajstić information content (AvgIpc) is 2.88. The molecule has 36 heavy (non-hydrogen) atoms. The Bertz CT molecular complexity index is 1140. The largest absolute Gasteiger partial charge is 0.466 e. The van der Waals surface area contributed by atoms with E-state index in [1.807, 2.05) is 42.2 Å². The van der Waals surface area contributed by atoms with Gasteiger partial charge in [-0.2, -0.15) is 0 Å². The third-order valence-corrected chi connectivity index (χ3v) is 7.87. The zero-order valence-electron chi connectivity index (χ0n) is 21.3. The van der Waals surface area contributed by atoms with Crippen LogP contribution in [0.4, 0.5) is 11.4 Å². The minimum atomic E-state index is -3.97. The standard InChI is InChI=1S/C27H37N3O5S/c1-4-6-14-26(31)28-23-15-16-24(30-17-10-13-22(19-30)27(32)35-5-2)25(18-23)36(33,34)29-20(3)21-11-8-7-9-12-21/h7-9,11-12,15-16,18,20,22,29H,4-6,10,13-14,17,19H2,1-3H3,(H,28,31)/t20-,22+/m0/s1. The Kier molecular flexibility index (Phi) is 9.89. The van der Waals surface area contributed by atoms with Crippen molar-refractivity contribution in [1.29, 1.82) is 0 Å². The van der Waals surface area contributed by atoms with Crippen LogP contribution in [0.3, 0.4) is 0 Å². The van der Waals surface area contributed by atoms with Crippen molar-refractivity contribution in [1.82, 2.24) is 4.72 Å². The number of nitrogens with zero attached hydrogens (tertiary/aromatic N) is 1. The van der Waals surface area contributed by atoms with E-state index in [0.717, 1.165) is 24.8 Å². The lowest BCUT2D eigenvalue weighted by Crippen LogP contribution is -2.40. The van der Waals surface area contributed by atoms with E-state index in [1.54, 1.807) is 26.0 Å². The summed E-state index contributed by atoms with van der Waals surface area (Å²) in [5.41, 5.74) is 1.77. The van der Waals surface area contributed by atoms with Crippen molar-refractivity contribution >= 4 is 33.3 Å². The van der Waals surface area contributed by atoms with E-state index >= 15 is 0 Å². The van der Waals surface area contributed by atoms with Crippen LogP contribution in [0, 0.1) is 5.92 Å². The van der Waals surface area contributed by atoms with Crippen LogP contribution in [0.25, 0.3) is 0 Å². The molecular formula is C27H37N3O5S. The number of carbonyl (C=O) groups is 2. The van der Waals surface area contributed by atoms with Gasteiger partial charge in [0.2, 0.25) is 15.9 Å². The molecule has 0 saturated carbocycles. The maximum Gasteiger partial charge on any atom is 0.310 e. The smallest absolute Gasteiger partial charge is 0.310 e. The SMILES string of the molecule is CCCCC(=O)Nc1ccc(N2CCC[C@@H](C(=O)OCC)C2)c(S(=O)(=O)N[C@@H](C)c2ccccc2)c1. The van der Waals surface area contributed by atoms with E-state index in [0.29, 0.717) is 43.9 Å². The predicted octanol–water partition coefficient (Wildman–Crippen LogP) is 4.63. The molecule has 2 N–H and O–H groups in total. The maximum absolute atomic E-state index is 13.7. The summed E-state index contributed by atoms with van der Waals surface area (Å²) in [4.78, 5) is 26.7. The molecule has 2 atom stereocenters. The number of carbonyl (C=O) groups excluding carboxylic acids is 2. The van der Waals surface area contributed by atoms with Gasteiger partial charge in [0.05, 0.1) is 18.2 Å². The highest BCUT2D eigenvalue weighted by Crippen LogP contribution is 2.33. The summed E-state index contributed by atoms with van der Waals surface area (Å²) in [5, 5.41) is 2.82. The molecule has 1 aliphatic rings. The third kappa shape index (κ3) is 7.30. The van der Waals surface area contributed by atoms with Crippen molar-refractivity contribution in [3.8, 4) is 0 Å². The van der Waals surface area contributed by atoms with Gasteiger partial charge in [0.1, 0.15) is 4.90 Å². The first-order valence-corrected chi connectivity index (χ1v) is 14.2. The molecule has 0 bridgehead atoms. The minimum Gasteiger partial charge on any atom is -0.466 e. The molecule has 8 nitrogen and oxygen atoms in total. The maximum atomic E-state index is 13.7. The summed E-state index contributed by atoms with van der Waals surface area (Å²) in [6, 6.07) is 13.8. The number of sulfonamides is 1. The number of benzene rings is 2. The molecule has 1 heterocycles. The number of amides is 1. The Hall–Kier alpha value is -2.91. The average molecular weight is 516 g/mol. The fraction of sp³-hybridized carbons (Fsp3) is 0.481. The Morgan fingerprint density at radius 2 is 1.89 bits per heavy atom. The molecule has 9 heteroatoms. The first kappa shape index (κ1) is 27.7. The van der Waals surface area contributed by atoms with E-state index in [9.17, 15) is 18.0 Å². The van der Waals surface area contributed by atoms with Crippen molar-refractivity contribution in [2.75, 3.05) is 29.9 Å². The van der Waals surface area contributed by atoms with E-state index in [4.69, 9.17) is 4.74 Å². The quantitative estimate of drug-likeness (QED) is 0.423. The number of esters is 1. The second-order valence-electron chi connectivity index (χ2n) is 9.13. The van der Waals surface area contributed by atoms with Gasteiger partial charge >= 0.3 is 5.97 Å². The van der Waals surface area contributed by atoms with Gasteiger partial charge in [-0.15, -0.1) is 0 Å². The molecule has 3 rings (SSSR count). The Morgan fingerprint density at radius 1 is 1.14 bits per heavy atom. The number of hydrogen-bond donors (Lipinski definition) is 2. The van der Waals surface area contributed by atoms with Gasteiger partial charge in [-0.05, 0) is 56.9 Å². The molecule has 0 radical (unpaired) electrons. The highest BCUT2D eigenvalue weighted by atomic mass is 32.2. The minimum absolute atomic E-state index is 0.0723. The monoisotopic (exact) mass is 515 g/mol. The van der Waals surface area contributed by atoms with Gasteiger partial charge < -0.3 is 15.0 Å². The molecular weight excluding hydrogens is 478 g/mol. The van der Waals surface area contributed by atoms with Crippen LogP contribution in [0.1, 0.15) is 64.5 Å². The number of hydrogen-bond acceptors (Lipinski definition) is 6. The molecule has 0 aromatic heterocycles. The molecule has 0 unspecified atom stereocenters. The zero-order valence-corrected chi connectivity index (χ0v) is 22.1. The highest BCUT2D eigenvalue weighted by Gasteiger charge is 2.31. The van der Waals surface area contributed by atoms with Crippen LogP contribution < -0.4 is 14.9 Å². The van der Waals surface area contributed by atoms with Crippen LogP contribution in [0.15, 0.2) is 53.4 Å². The Balaban J connectivity index is 1.94. The fourth-order valence-corrected chi connectivity index (χ4v) is 5.87. The van der Waals surface area contributed by atoms with Gasteiger partial charge in [0, 0.05) is 31.2 Å². The van der Waals surface area contributed by atoms with Gasteiger partial charge in [0.15, 0.2) is 0 Å². The second kappa shape index (κ2) is 12.9. The van der Waals surface area contributed by atoms with E-state index in [-0.39, 0.29) is 22.7 Å². The van der Waals surface area contributed by atoms with E-state index < -0.39 is 16.1 Å². The number of piperidine rings is 1. The lowest BCUT2D eigenvalue weighted by atomic mass is 9.97. The zero-order chi connectivity index (χ0) is 26.1. The molecule has 1 fully saturated rings. The molecule has 0 spiro atoms. The summed E-state index contributed by atoms with van der Waals surface area (Å²) in [6.45, 7) is 6.88. The van der Waals surface area contributed by atoms with Gasteiger partial charge in [-0.1, -0.05) is 43.7 Å². The summed E-state index contributed by atoms with van der Waals surface area (Å²) in [5.74, 6) is -0.736. The van der Waals surface area contributed by atoms with Crippen molar-refractivity contribution in [3.05, 3.63) is 54.1 Å². The predicted molar refractivity (Wildman–Crippen MR) is 141 cm³/mol. The highest BCUT2D eigenvalue weighted by molar-refractivity contribution is 7.89. The van der Waals surface area contributed by atoms with Crippen molar-refractivity contribution in [3.63, 3.8) is 0 Å². The first-order chi connectivity index (χ1) is 17.2. The van der Waals surface area contributed by atoms with Gasteiger partial charge in [-0.3, -0.25) is 9.59 Å². The summed E-state index contributed by atoms with van der Waals surface area (Å²) < 4.78 is 35.3. The lowest BCUT2D eigenvalue weighted by Gasteiger charge is -2.34. The molecule has 0 aliphatic carbocycles. The number of unbranched alkanes of at least 4 members (excludes halogenated alkanes) is 1. The topological polar surface area (TPSA) is 105 Å². The normalized spacial score (nSPS) is 16.9. The first-order valence-electron chi connectivity index (χ1n) is 12.7. The van der Waals surface area contributed by atoms with Gasteiger partial charge in [-0.25, -0.2) is 13.1 Å². The van der Waals surface area contributed by atoms with Crippen LogP contribution >= 0.6 is 0 Å². The van der Waals surface area contributed by atoms with Crippen LogP contribution in [0.5, 0.6) is 0 Å². The fourth-order valence-electron chi connectivity index (χ4n) is 4.38. The van der Waals surface area contributed by atoms with Gasteiger partial charge in [0.25, 0.3) is 0 Å². The van der Waals surface area contributed by atoms with Crippen molar-refractivity contribution < 1.29 is 22.7 Å². The van der Waals surface area contributed by atoms with Crippen LogP contribution in [-0.2, 0) is 24.3 Å². The second-order valence-corrected chi connectivity index (χ2v) is 10.8. The molecule has 1 amide bonds. The summed E-state index contributed by atoms with van der Waals surface area (Å²) in [6.07, 6.45) is 3.47. The lowest BCUT2D eigenvalue weighted by molar-refractivity contribution is -0.148. The Labute approximate surface area is 214 Å². The molecule has 196 valence electrons. The molecule has 2 aromatic carbocycles. The van der Waals surface area contributed by atoms with Crippen LogP contribution in [-0.4, -0.2) is 40.0 Å². The van der Waals surface area contributed by atoms with Crippen molar-refractivity contribution in [2.24, 2.45) is 5.92 Å². The number of rotatable bonds is 11. The molecule has 2 aromatic rings. The molecule has 1 saturated heterocycles. The number of nitrogens with one attached hydrogen (secondary N) is 2. The number of anilines is 2. The Morgan fingerprint density at radius 3 is 2.58 bits per heavy atom. The van der Waals surface area contributed by atoms with E-state index in [1.165, 1.54) is 6.07 Å².